The molecule has 0 aliphatic rings. The molecule has 1 amide bonds. The summed E-state index contributed by atoms with van der Waals surface area (Å²) in [5.41, 5.74) is 4.59. The average Bonchev–Trinajstić information content (AvgIpc) is 3.58. The van der Waals surface area contributed by atoms with Crippen molar-refractivity contribution in [2.24, 2.45) is 0 Å². The number of fused-ring (bicyclic) bond motifs is 2. The zero-order chi connectivity index (χ0) is 29.8. The van der Waals surface area contributed by atoms with Crippen LogP contribution in [0.3, 0.4) is 0 Å². The Morgan fingerprint density at radius 1 is 0.881 bits per heavy atom. The van der Waals surface area contributed by atoms with Gasteiger partial charge in [-0.1, -0.05) is 24.3 Å². The normalized spacial score (nSPS) is 11.7. The molecule has 2 heterocycles. The second kappa shape index (κ2) is 10.1. The van der Waals surface area contributed by atoms with E-state index in [0.29, 0.717) is 44.4 Å². The summed E-state index contributed by atoms with van der Waals surface area (Å²) in [7, 11) is -0.764. The van der Waals surface area contributed by atoms with Crippen LogP contribution >= 0.6 is 0 Å². The molecule has 0 saturated heterocycles. The highest BCUT2D eigenvalue weighted by molar-refractivity contribution is 7.92. The molecule has 0 unspecified atom stereocenters. The Kier molecular flexibility index (Phi) is 6.58. The van der Waals surface area contributed by atoms with E-state index in [-0.39, 0.29) is 22.7 Å². The Labute approximate surface area is 240 Å². The van der Waals surface area contributed by atoms with E-state index < -0.39 is 21.7 Å². The molecule has 7 nitrogen and oxygen atoms in total. The highest BCUT2D eigenvalue weighted by atomic mass is 32.2. The van der Waals surface area contributed by atoms with Crippen molar-refractivity contribution in [3.63, 3.8) is 0 Å². The van der Waals surface area contributed by atoms with Crippen LogP contribution in [0.25, 0.3) is 55.6 Å². The van der Waals surface area contributed by atoms with Crippen LogP contribution in [-0.2, 0) is 10.0 Å². The lowest BCUT2D eigenvalue weighted by Gasteiger charge is -2.21. The van der Waals surface area contributed by atoms with Crippen molar-refractivity contribution in [3.8, 4) is 33.7 Å². The highest BCUT2D eigenvalue weighted by Crippen LogP contribution is 2.42. The van der Waals surface area contributed by atoms with Gasteiger partial charge in [-0.05, 0) is 65.7 Å². The van der Waals surface area contributed by atoms with Crippen LogP contribution in [0.1, 0.15) is 10.4 Å². The monoisotopic (exact) mass is 585 g/mol. The number of sulfonamides is 1. The molecule has 0 spiro atoms. The number of hydrogen-bond acceptors (Lipinski definition) is 4. The van der Waals surface area contributed by atoms with Crippen LogP contribution in [0.2, 0.25) is 0 Å². The number of benzene rings is 4. The number of hydrogen-bond donors (Lipinski definition) is 2. The molecular weight excluding hydrogens is 560 g/mol. The molecule has 4 aromatic carbocycles. The Bertz CT molecular complexity index is 2120. The number of H-pyrrole nitrogens is 1. The zero-order valence-corrected chi connectivity index (χ0v) is 23.6. The van der Waals surface area contributed by atoms with Gasteiger partial charge < -0.3 is 14.7 Å². The van der Waals surface area contributed by atoms with Crippen LogP contribution in [0.15, 0.2) is 89.3 Å². The van der Waals surface area contributed by atoms with E-state index >= 15 is 0 Å². The number of nitrogens with one attached hydrogen (secondary N) is 2. The molecule has 0 aliphatic heterocycles. The number of aromatic nitrogens is 1. The number of aromatic amines is 1. The first kappa shape index (κ1) is 27.2. The van der Waals surface area contributed by atoms with E-state index in [2.05, 4.69) is 10.3 Å². The predicted octanol–water partition coefficient (Wildman–Crippen LogP) is 6.95. The molecule has 0 aliphatic carbocycles. The highest BCUT2D eigenvalue weighted by Gasteiger charge is 2.26. The smallest absolute Gasteiger partial charge is 0.255 e. The fraction of sp³-hybridized carbons (Fsp3) is 0.0938. The fourth-order valence-electron chi connectivity index (χ4n) is 5.09. The number of anilines is 1. The van der Waals surface area contributed by atoms with Crippen LogP contribution in [0.5, 0.6) is 0 Å². The van der Waals surface area contributed by atoms with Gasteiger partial charge in [-0.25, -0.2) is 17.2 Å². The summed E-state index contributed by atoms with van der Waals surface area (Å²) in [5.74, 6) is -0.971. The van der Waals surface area contributed by atoms with Crippen LogP contribution in [0, 0.1) is 11.6 Å². The van der Waals surface area contributed by atoms with Crippen molar-refractivity contribution < 1.29 is 26.4 Å². The van der Waals surface area contributed by atoms with Gasteiger partial charge in [0, 0.05) is 53.3 Å². The van der Waals surface area contributed by atoms with Crippen molar-refractivity contribution in [2.75, 3.05) is 24.7 Å². The summed E-state index contributed by atoms with van der Waals surface area (Å²) in [4.78, 5) is 16.4. The lowest BCUT2D eigenvalue weighted by atomic mass is 9.96. The van der Waals surface area contributed by atoms with Crippen molar-refractivity contribution >= 4 is 43.5 Å². The van der Waals surface area contributed by atoms with Crippen molar-refractivity contribution in [2.45, 2.75) is 0 Å². The fourth-order valence-corrected chi connectivity index (χ4v) is 5.59. The number of furan rings is 1. The van der Waals surface area contributed by atoms with Crippen molar-refractivity contribution in [3.05, 3.63) is 102 Å². The minimum Gasteiger partial charge on any atom is -0.455 e. The summed E-state index contributed by atoms with van der Waals surface area (Å²) >= 11 is 0. The van der Waals surface area contributed by atoms with E-state index in [1.807, 2.05) is 24.3 Å². The third kappa shape index (κ3) is 4.69. The average molecular weight is 586 g/mol. The van der Waals surface area contributed by atoms with Crippen molar-refractivity contribution in [1.29, 1.82) is 0 Å². The van der Waals surface area contributed by atoms with E-state index in [0.717, 1.165) is 16.1 Å². The Morgan fingerprint density at radius 3 is 2.29 bits per heavy atom. The van der Waals surface area contributed by atoms with Crippen LogP contribution in [0.4, 0.5) is 14.5 Å². The molecule has 10 heteroatoms. The molecule has 0 saturated carbocycles. The molecule has 212 valence electrons. The molecule has 2 aromatic heterocycles. The van der Waals surface area contributed by atoms with Gasteiger partial charge in [0.2, 0.25) is 10.0 Å². The summed E-state index contributed by atoms with van der Waals surface area (Å²) < 4.78 is 60.8. The van der Waals surface area contributed by atoms with E-state index in [4.69, 9.17) is 4.42 Å². The number of carbonyl (C=O) groups excluding carboxylic acids is 1. The van der Waals surface area contributed by atoms with Gasteiger partial charge in [0.25, 0.3) is 5.91 Å². The molecule has 0 atom stereocenters. The third-order valence-electron chi connectivity index (χ3n) is 7.30. The Hall–Kier alpha value is -4.96. The molecular formula is C32H25F2N3O4S. The van der Waals surface area contributed by atoms with E-state index in [9.17, 15) is 22.0 Å². The quantitative estimate of drug-likeness (QED) is 0.221. The van der Waals surface area contributed by atoms with E-state index in [1.165, 1.54) is 44.4 Å². The van der Waals surface area contributed by atoms with Gasteiger partial charge in [-0.15, -0.1) is 0 Å². The lowest BCUT2D eigenvalue weighted by Crippen LogP contribution is -2.25. The topological polar surface area (TPSA) is 95.4 Å². The van der Waals surface area contributed by atoms with Gasteiger partial charge in [0.1, 0.15) is 23.0 Å². The second-order valence-electron chi connectivity index (χ2n) is 9.95. The number of amides is 1. The molecule has 0 radical (unpaired) electrons. The summed E-state index contributed by atoms with van der Waals surface area (Å²) in [6, 6.07) is 22.8. The van der Waals surface area contributed by atoms with Gasteiger partial charge >= 0.3 is 0 Å². The largest absolute Gasteiger partial charge is 0.455 e. The Balaban J connectivity index is 1.60. The SMILES string of the molecule is CNC(=O)c1c(-c2ccc(F)cc2)oc2cc(N(C)S(C)(=O)=O)c(-c3cccc(-c4cc5c(F)cccc5[nH]4)c3)cc12. The maximum absolute atomic E-state index is 14.4. The maximum Gasteiger partial charge on any atom is 0.255 e. The molecule has 2 N–H and O–H groups in total. The van der Waals surface area contributed by atoms with Gasteiger partial charge in [0.05, 0.1) is 17.5 Å². The summed E-state index contributed by atoms with van der Waals surface area (Å²) in [6.45, 7) is 0. The standard InChI is InChI=1S/C32H25F2N3O4S/c1-35-32(38)30-24-15-22(19-6-4-7-20(14-19)27-16-23-25(34)8-5-9-26(23)36-27)28(37(2)42(3,39)40)17-29(24)41-31(30)18-10-12-21(33)13-11-18/h4-17,36H,1-3H3,(H,35,38). The molecule has 0 bridgehead atoms. The Morgan fingerprint density at radius 2 is 1.60 bits per heavy atom. The molecule has 6 aromatic rings. The maximum atomic E-state index is 14.4. The minimum atomic E-state index is -3.70. The molecule has 0 fully saturated rings. The molecule has 6 rings (SSSR count). The number of carbonyl (C=O) groups is 1. The second-order valence-corrected chi connectivity index (χ2v) is 12.0. The third-order valence-corrected chi connectivity index (χ3v) is 8.49. The van der Waals surface area contributed by atoms with Crippen LogP contribution < -0.4 is 9.62 Å². The first-order valence-electron chi connectivity index (χ1n) is 13.0. The van der Waals surface area contributed by atoms with Gasteiger partial charge in [-0.3, -0.25) is 9.10 Å². The van der Waals surface area contributed by atoms with Gasteiger partial charge in [-0.2, -0.15) is 0 Å². The van der Waals surface area contributed by atoms with Crippen molar-refractivity contribution in [1.82, 2.24) is 10.3 Å². The number of halogens is 2. The predicted molar refractivity (Wildman–Crippen MR) is 161 cm³/mol. The number of nitrogens with zero attached hydrogens (tertiary/aromatic N) is 1. The first-order chi connectivity index (χ1) is 20.0. The molecule has 42 heavy (non-hydrogen) atoms. The van der Waals surface area contributed by atoms with Crippen LogP contribution in [-0.4, -0.2) is 39.7 Å². The first-order valence-corrected chi connectivity index (χ1v) is 14.8. The minimum absolute atomic E-state index is 0.225. The van der Waals surface area contributed by atoms with E-state index in [1.54, 1.807) is 30.3 Å². The summed E-state index contributed by atoms with van der Waals surface area (Å²) in [6.07, 6.45) is 1.10. The number of rotatable bonds is 6. The summed E-state index contributed by atoms with van der Waals surface area (Å²) in [5, 5.41) is 3.54. The lowest BCUT2D eigenvalue weighted by molar-refractivity contribution is 0.0964. The zero-order valence-electron chi connectivity index (χ0n) is 22.8. The van der Waals surface area contributed by atoms with Gasteiger partial charge in [0.15, 0.2) is 0 Å².